The van der Waals surface area contributed by atoms with Gasteiger partial charge in [0.25, 0.3) is 5.91 Å². The van der Waals surface area contributed by atoms with E-state index in [1.807, 2.05) is 44.2 Å². The maximum Gasteiger partial charge on any atom is 0.262 e. The molecule has 0 radical (unpaired) electrons. The lowest BCUT2D eigenvalue weighted by Gasteiger charge is -2.12. The monoisotopic (exact) mass is 345 g/mol. The van der Waals surface area contributed by atoms with Crippen LogP contribution >= 0.6 is 11.6 Å². The van der Waals surface area contributed by atoms with Gasteiger partial charge < -0.3 is 14.8 Å². The highest BCUT2D eigenvalue weighted by molar-refractivity contribution is 6.31. The van der Waals surface area contributed by atoms with Crippen LogP contribution in [-0.4, -0.2) is 19.6 Å². The van der Waals surface area contributed by atoms with Gasteiger partial charge in [-0.15, -0.1) is 0 Å². The third kappa shape index (κ3) is 4.77. The number of ether oxygens (including phenoxy) is 2. The molecule has 5 heteroatoms. The Morgan fingerprint density at radius 3 is 2.71 bits per heavy atom. The van der Waals surface area contributed by atoms with Crippen LogP contribution in [0.25, 0.3) is 6.08 Å². The van der Waals surface area contributed by atoms with Crippen molar-refractivity contribution in [1.29, 1.82) is 0 Å². The van der Waals surface area contributed by atoms with E-state index in [9.17, 15) is 4.79 Å². The molecule has 2 rings (SSSR count). The zero-order valence-electron chi connectivity index (χ0n) is 13.9. The minimum absolute atomic E-state index is 0.120. The van der Waals surface area contributed by atoms with Crippen molar-refractivity contribution in [2.75, 3.05) is 19.0 Å². The van der Waals surface area contributed by atoms with Crippen molar-refractivity contribution in [3.05, 3.63) is 58.6 Å². The van der Waals surface area contributed by atoms with E-state index in [2.05, 4.69) is 5.32 Å². The van der Waals surface area contributed by atoms with E-state index < -0.39 is 0 Å². The predicted molar refractivity (Wildman–Crippen MR) is 98.0 cm³/mol. The van der Waals surface area contributed by atoms with E-state index in [-0.39, 0.29) is 12.5 Å². The first-order valence-corrected chi connectivity index (χ1v) is 7.91. The molecule has 126 valence electrons. The van der Waals surface area contributed by atoms with Gasteiger partial charge in [0.1, 0.15) is 0 Å². The molecule has 0 saturated carbocycles. The molecular formula is C19H20ClNO3. The molecule has 0 fully saturated rings. The number of amides is 1. The number of hydrogen-bond donors (Lipinski definition) is 1. The molecule has 0 heterocycles. The molecule has 2 aromatic rings. The second kappa shape index (κ2) is 8.41. The van der Waals surface area contributed by atoms with Gasteiger partial charge >= 0.3 is 0 Å². The maximum absolute atomic E-state index is 12.1. The normalized spacial score (nSPS) is 10.7. The number of carbonyl (C=O) groups excluding carboxylic acids is 1. The number of halogens is 1. The molecule has 1 amide bonds. The number of allylic oxidation sites excluding steroid dienone is 1. The summed E-state index contributed by atoms with van der Waals surface area (Å²) in [5.41, 5.74) is 2.60. The average molecular weight is 346 g/mol. The van der Waals surface area contributed by atoms with E-state index in [1.165, 1.54) is 0 Å². The average Bonchev–Trinajstić information content (AvgIpc) is 2.57. The third-order valence-corrected chi connectivity index (χ3v) is 3.61. The number of aryl methyl sites for hydroxylation is 1. The lowest BCUT2D eigenvalue weighted by Crippen LogP contribution is -2.20. The van der Waals surface area contributed by atoms with Crippen LogP contribution in [0.4, 0.5) is 5.69 Å². The molecule has 1 N–H and O–H groups in total. The molecule has 0 aliphatic rings. The molecule has 0 bridgehead atoms. The lowest BCUT2D eigenvalue weighted by atomic mass is 10.2. The van der Waals surface area contributed by atoms with Gasteiger partial charge in [0.15, 0.2) is 18.1 Å². The van der Waals surface area contributed by atoms with Crippen molar-refractivity contribution in [3.8, 4) is 11.5 Å². The Bertz CT molecular complexity index is 756. The molecule has 0 saturated heterocycles. The van der Waals surface area contributed by atoms with Crippen LogP contribution in [0, 0.1) is 6.92 Å². The first-order valence-electron chi connectivity index (χ1n) is 7.53. The van der Waals surface area contributed by atoms with Crippen LogP contribution < -0.4 is 14.8 Å². The highest BCUT2D eigenvalue weighted by Gasteiger charge is 2.10. The van der Waals surface area contributed by atoms with Crippen molar-refractivity contribution in [3.63, 3.8) is 0 Å². The molecule has 2 aromatic carbocycles. The van der Waals surface area contributed by atoms with E-state index in [4.69, 9.17) is 21.1 Å². The molecule has 0 unspecified atom stereocenters. The number of nitrogens with one attached hydrogen (secondary N) is 1. The number of carbonyl (C=O) groups is 1. The SMILES string of the molecule is C/C=C/c1ccc(OCC(=O)Nc2cc(Cl)ccc2C)c(OC)c1. The minimum atomic E-state index is -0.264. The molecule has 4 nitrogen and oxygen atoms in total. The topological polar surface area (TPSA) is 47.6 Å². The molecular weight excluding hydrogens is 326 g/mol. The van der Waals surface area contributed by atoms with Crippen molar-refractivity contribution >= 4 is 29.3 Å². The number of rotatable bonds is 6. The number of benzene rings is 2. The summed E-state index contributed by atoms with van der Waals surface area (Å²) in [5.74, 6) is 0.834. The molecule has 0 spiro atoms. The van der Waals surface area contributed by atoms with Crippen LogP contribution in [0.1, 0.15) is 18.1 Å². The maximum atomic E-state index is 12.1. The Morgan fingerprint density at radius 2 is 2.00 bits per heavy atom. The van der Waals surface area contributed by atoms with E-state index >= 15 is 0 Å². The molecule has 0 atom stereocenters. The molecule has 24 heavy (non-hydrogen) atoms. The van der Waals surface area contributed by atoms with Crippen LogP contribution in [0.2, 0.25) is 5.02 Å². The Labute approximate surface area is 147 Å². The van der Waals surface area contributed by atoms with Crippen molar-refractivity contribution in [2.24, 2.45) is 0 Å². The van der Waals surface area contributed by atoms with Crippen molar-refractivity contribution in [2.45, 2.75) is 13.8 Å². The highest BCUT2D eigenvalue weighted by atomic mass is 35.5. The van der Waals surface area contributed by atoms with E-state index in [0.717, 1.165) is 11.1 Å². The summed E-state index contributed by atoms with van der Waals surface area (Å²) >= 11 is 5.95. The summed E-state index contributed by atoms with van der Waals surface area (Å²) in [6, 6.07) is 10.9. The van der Waals surface area contributed by atoms with E-state index in [0.29, 0.717) is 22.2 Å². The Balaban J connectivity index is 2.02. The van der Waals surface area contributed by atoms with Gasteiger partial charge in [0.05, 0.1) is 7.11 Å². The lowest BCUT2D eigenvalue weighted by molar-refractivity contribution is -0.118. The first kappa shape index (κ1) is 17.9. The van der Waals surface area contributed by atoms with Gasteiger partial charge in [-0.1, -0.05) is 35.9 Å². The van der Waals surface area contributed by atoms with Crippen LogP contribution in [0.3, 0.4) is 0 Å². The molecule has 0 aromatic heterocycles. The first-order chi connectivity index (χ1) is 11.5. The largest absolute Gasteiger partial charge is 0.493 e. The highest BCUT2D eigenvalue weighted by Crippen LogP contribution is 2.28. The zero-order valence-corrected chi connectivity index (χ0v) is 14.7. The molecule has 0 aliphatic carbocycles. The fourth-order valence-electron chi connectivity index (χ4n) is 2.16. The minimum Gasteiger partial charge on any atom is -0.493 e. The fourth-order valence-corrected chi connectivity index (χ4v) is 2.33. The van der Waals surface area contributed by atoms with Gasteiger partial charge in [0.2, 0.25) is 0 Å². The number of anilines is 1. The third-order valence-electron chi connectivity index (χ3n) is 3.38. The van der Waals surface area contributed by atoms with Gasteiger partial charge in [-0.3, -0.25) is 4.79 Å². The van der Waals surface area contributed by atoms with Crippen LogP contribution in [-0.2, 0) is 4.79 Å². The van der Waals surface area contributed by atoms with Crippen molar-refractivity contribution in [1.82, 2.24) is 0 Å². The fraction of sp³-hybridized carbons (Fsp3) is 0.211. The number of methoxy groups -OCH3 is 1. The summed E-state index contributed by atoms with van der Waals surface area (Å²) in [6.07, 6.45) is 3.90. The molecule has 0 aliphatic heterocycles. The van der Waals surface area contributed by atoms with Crippen LogP contribution in [0.15, 0.2) is 42.5 Å². The summed E-state index contributed by atoms with van der Waals surface area (Å²) in [6.45, 7) is 3.72. The Kier molecular flexibility index (Phi) is 6.27. The van der Waals surface area contributed by atoms with Gasteiger partial charge in [0, 0.05) is 10.7 Å². The Morgan fingerprint density at radius 1 is 1.21 bits per heavy atom. The second-order valence-electron chi connectivity index (χ2n) is 5.21. The summed E-state index contributed by atoms with van der Waals surface area (Å²) < 4.78 is 10.9. The van der Waals surface area contributed by atoms with E-state index in [1.54, 1.807) is 25.3 Å². The van der Waals surface area contributed by atoms with Gasteiger partial charge in [-0.05, 0) is 49.2 Å². The predicted octanol–water partition coefficient (Wildman–Crippen LogP) is 4.71. The standard InChI is InChI=1S/C19H20ClNO3/c1-4-5-14-7-9-17(18(10-14)23-3)24-12-19(22)21-16-11-15(20)8-6-13(16)2/h4-11H,12H2,1-3H3,(H,21,22)/b5-4+. The summed E-state index contributed by atoms with van der Waals surface area (Å²) in [4.78, 5) is 12.1. The summed E-state index contributed by atoms with van der Waals surface area (Å²) in [7, 11) is 1.57. The number of hydrogen-bond acceptors (Lipinski definition) is 3. The Hall–Kier alpha value is -2.46. The quantitative estimate of drug-likeness (QED) is 0.824. The van der Waals surface area contributed by atoms with Gasteiger partial charge in [-0.25, -0.2) is 0 Å². The summed E-state index contributed by atoms with van der Waals surface area (Å²) in [5, 5.41) is 3.36. The smallest absolute Gasteiger partial charge is 0.262 e. The van der Waals surface area contributed by atoms with Gasteiger partial charge in [-0.2, -0.15) is 0 Å². The van der Waals surface area contributed by atoms with Crippen molar-refractivity contribution < 1.29 is 14.3 Å². The zero-order chi connectivity index (χ0) is 17.5. The second-order valence-corrected chi connectivity index (χ2v) is 5.64. The van der Waals surface area contributed by atoms with Crippen LogP contribution in [0.5, 0.6) is 11.5 Å².